The molecule has 28 heavy (non-hydrogen) atoms. The van der Waals surface area contributed by atoms with Crippen molar-refractivity contribution in [2.45, 2.75) is 78.8 Å². The molecule has 0 saturated heterocycles. The SMILES string of the molecule is CC(=O)C(NC(=O)c1nn(CC2CCCCCC2)c2ccccc12)C(C)(C)C. The van der Waals surface area contributed by atoms with Crippen LogP contribution in [0.15, 0.2) is 24.3 Å². The van der Waals surface area contributed by atoms with Crippen LogP contribution >= 0.6 is 0 Å². The Kier molecular flexibility index (Phi) is 6.21. The highest BCUT2D eigenvalue weighted by Gasteiger charge is 2.31. The highest BCUT2D eigenvalue weighted by Crippen LogP contribution is 2.27. The van der Waals surface area contributed by atoms with Gasteiger partial charge in [-0.2, -0.15) is 5.10 Å². The molecule has 2 aromatic rings. The molecule has 1 aliphatic rings. The smallest absolute Gasteiger partial charge is 0.273 e. The fraction of sp³-hybridized carbons (Fsp3) is 0.609. The van der Waals surface area contributed by atoms with Crippen LogP contribution in [0.2, 0.25) is 0 Å². The second kappa shape index (κ2) is 8.46. The average Bonchev–Trinajstić information content (AvgIpc) is 2.80. The Morgan fingerprint density at radius 3 is 2.39 bits per heavy atom. The van der Waals surface area contributed by atoms with Gasteiger partial charge < -0.3 is 5.32 Å². The molecule has 1 aliphatic carbocycles. The summed E-state index contributed by atoms with van der Waals surface area (Å²) in [6.45, 7) is 8.26. The van der Waals surface area contributed by atoms with Gasteiger partial charge in [0.2, 0.25) is 0 Å². The quantitative estimate of drug-likeness (QED) is 0.759. The van der Waals surface area contributed by atoms with E-state index in [0.29, 0.717) is 11.6 Å². The number of fused-ring (bicyclic) bond motifs is 1. The molecule has 1 aromatic carbocycles. The number of para-hydroxylation sites is 1. The number of hydrogen-bond acceptors (Lipinski definition) is 3. The molecular formula is C23H33N3O2. The molecule has 152 valence electrons. The van der Waals surface area contributed by atoms with Gasteiger partial charge in [0.05, 0.1) is 11.6 Å². The van der Waals surface area contributed by atoms with E-state index in [-0.39, 0.29) is 17.1 Å². The molecule has 0 bridgehead atoms. The van der Waals surface area contributed by atoms with Crippen LogP contribution in [-0.2, 0) is 11.3 Å². The van der Waals surface area contributed by atoms with Crippen molar-refractivity contribution < 1.29 is 9.59 Å². The van der Waals surface area contributed by atoms with Gasteiger partial charge in [0, 0.05) is 11.9 Å². The Balaban J connectivity index is 1.89. The maximum Gasteiger partial charge on any atom is 0.273 e. The molecule has 1 aromatic heterocycles. The summed E-state index contributed by atoms with van der Waals surface area (Å²) in [4.78, 5) is 25.1. The second-order valence-electron chi connectivity index (χ2n) is 9.29. The van der Waals surface area contributed by atoms with E-state index in [9.17, 15) is 9.59 Å². The van der Waals surface area contributed by atoms with Gasteiger partial charge in [-0.1, -0.05) is 64.7 Å². The largest absolute Gasteiger partial charge is 0.340 e. The van der Waals surface area contributed by atoms with Gasteiger partial charge in [-0.25, -0.2) is 0 Å². The standard InChI is InChI=1S/C23H33N3O2/c1-16(27)21(23(2,3)4)24-22(28)20-18-13-9-10-14-19(18)26(25-20)15-17-11-7-5-6-8-12-17/h9-10,13-14,17,21H,5-8,11-12,15H2,1-4H3,(H,24,28). The highest BCUT2D eigenvalue weighted by molar-refractivity contribution is 6.06. The zero-order valence-electron chi connectivity index (χ0n) is 17.6. The van der Waals surface area contributed by atoms with E-state index in [1.54, 1.807) is 0 Å². The number of nitrogens with one attached hydrogen (secondary N) is 1. The molecular weight excluding hydrogens is 350 g/mol. The molecule has 1 heterocycles. The first-order chi connectivity index (χ1) is 13.3. The number of carbonyl (C=O) groups is 2. The fourth-order valence-electron chi connectivity index (χ4n) is 4.35. The first kappa shape index (κ1) is 20.6. The molecule has 3 rings (SSSR count). The van der Waals surface area contributed by atoms with Crippen molar-refractivity contribution in [2.24, 2.45) is 11.3 Å². The van der Waals surface area contributed by atoms with Crippen LogP contribution in [0.4, 0.5) is 0 Å². The van der Waals surface area contributed by atoms with Gasteiger partial charge >= 0.3 is 0 Å². The summed E-state index contributed by atoms with van der Waals surface area (Å²) in [7, 11) is 0. The molecule has 1 N–H and O–H groups in total. The minimum atomic E-state index is -0.536. The summed E-state index contributed by atoms with van der Waals surface area (Å²) < 4.78 is 2.00. The molecule has 5 heteroatoms. The van der Waals surface area contributed by atoms with Crippen molar-refractivity contribution in [3.05, 3.63) is 30.0 Å². The number of nitrogens with zero attached hydrogens (tertiary/aromatic N) is 2. The Hall–Kier alpha value is -2.17. The molecule has 1 unspecified atom stereocenters. The van der Waals surface area contributed by atoms with Crippen molar-refractivity contribution in [3.8, 4) is 0 Å². The summed E-state index contributed by atoms with van der Waals surface area (Å²) >= 11 is 0. The van der Waals surface area contributed by atoms with E-state index < -0.39 is 6.04 Å². The third-order valence-corrected chi connectivity index (χ3v) is 5.83. The van der Waals surface area contributed by atoms with Crippen LogP contribution in [0.3, 0.4) is 0 Å². The Labute approximate surface area is 167 Å². The molecule has 1 atom stereocenters. The monoisotopic (exact) mass is 383 g/mol. The van der Waals surface area contributed by atoms with Crippen LogP contribution < -0.4 is 5.32 Å². The molecule has 0 aliphatic heterocycles. The fourth-order valence-corrected chi connectivity index (χ4v) is 4.35. The number of Topliss-reactive ketones (excluding diaryl/α,β-unsaturated/α-hetero) is 1. The van der Waals surface area contributed by atoms with Gasteiger partial charge in [-0.05, 0) is 37.2 Å². The molecule has 0 spiro atoms. The van der Waals surface area contributed by atoms with Crippen LogP contribution in [-0.4, -0.2) is 27.5 Å². The first-order valence-corrected chi connectivity index (χ1v) is 10.5. The summed E-state index contributed by atoms with van der Waals surface area (Å²) in [6.07, 6.45) is 7.66. The maximum absolute atomic E-state index is 13.0. The number of rotatable bonds is 5. The van der Waals surface area contributed by atoms with Crippen LogP contribution in [0, 0.1) is 11.3 Å². The van der Waals surface area contributed by atoms with Crippen LogP contribution in [0.5, 0.6) is 0 Å². The normalized spacial score (nSPS) is 17.3. The lowest BCUT2D eigenvalue weighted by Crippen LogP contribution is -2.48. The maximum atomic E-state index is 13.0. The minimum Gasteiger partial charge on any atom is -0.340 e. The van der Waals surface area contributed by atoms with Crippen molar-refractivity contribution in [1.82, 2.24) is 15.1 Å². The second-order valence-corrected chi connectivity index (χ2v) is 9.29. The predicted molar refractivity (Wildman–Crippen MR) is 112 cm³/mol. The predicted octanol–water partition coefficient (Wildman–Crippen LogP) is 4.74. The Morgan fingerprint density at radius 2 is 1.79 bits per heavy atom. The van der Waals surface area contributed by atoms with Gasteiger partial charge in [0.25, 0.3) is 5.91 Å². The Morgan fingerprint density at radius 1 is 1.14 bits per heavy atom. The number of aromatic nitrogens is 2. The van der Waals surface area contributed by atoms with E-state index in [1.807, 2.05) is 49.7 Å². The van der Waals surface area contributed by atoms with Crippen molar-refractivity contribution in [1.29, 1.82) is 0 Å². The number of hydrogen-bond donors (Lipinski definition) is 1. The Bertz CT molecular complexity index is 839. The lowest BCUT2D eigenvalue weighted by molar-refractivity contribution is -0.121. The number of amides is 1. The van der Waals surface area contributed by atoms with Gasteiger partial charge in [-0.3, -0.25) is 14.3 Å². The number of ketones is 1. The summed E-state index contributed by atoms with van der Waals surface area (Å²) in [5.41, 5.74) is 1.06. The van der Waals surface area contributed by atoms with Gasteiger partial charge in [0.1, 0.15) is 0 Å². The first-order valence-electron chi connectivity index (χ1n) is 10.5. The van der Waals surface area contributed by atoms with Gasteiger partial charge in [-0.15, -0.1) is 0 Å². The topological polar surface area (TPSA) is 64.0 Å². The zero-order valence-corrected chi connectivity index (χ0v) is 17.6. The van der Waals surface area contributed by atoms with E-state index in [0.717, 1.165) is 17.4 Å². The zero-order chi connectivity index (χ0) is 20.3. The number of benzene rings is 1. The van der Waals surface area contributed by atoms with Crippen molar-refractivity contribution in [2.75, 3.05) is 0 Å². The third kappa shape index (κ3) is 4.62. The molecule has 1 saturated carbocycles. The average molecular weight is 384 g/mol. The van der Waals surface area contributed by atoms with Crippen LogP contribution in [0.1, 0.15) is 76.7 Å². The van der Waals surface area contributed by atoms with Gasteiger partial charge in [0.15, 0.2) is 11.5 Å². The summed E-state index contributed by atoms with van der Waals surface area (Å²) in [6, 6.07) is 7.36. The van der Waals surface area contributed by atoms with Crippen molar-refractivity contribution >= 4 is 22.6 Å². The van der Waals surface area contributed by atoms with Crippen LogP contribution in [0.25, 0.3) is 10.9 Å². The van der Waals surface area contributed by atoms with E-state index in [4.69, 9.17) is 5.10 Å². The van der Waals surface area contributed by atoms with Crippen molar-refractivity contribution in [3.63, 3.8) is 0 Å². The lowest BCUT2D eigenvalue weighted by Gasteiger charge is -2.29. The molecule has 0 radical (unpaired) electrons. The third-order valence-electron chi connectivity index (χ3n) is 5.83. The molecule has 1 fully saturated rings. The van der Waals surface area contributed by atoms with E-state index in [1.165, 1.54) is 45.4 Å². The molecule has 1 amide bonds. The molecule has 5 nitrogen and oxygen atoms in total. The summed E-state index contributed by atoms with van der Waals surface area (Å²) in [5, 5.41) is 8.48. The lowest BCUT2D eigenvalue weighted by atomic mass is 9.84. The summed E-state index contributed by atoms with van der Waals surface area (Å²) in [5.74, 6) is 0.301. The highest BCUT2D eigenvalue weighted by atomic mass is 16.2. The van der Waals surface area contributed by atoms with E-state index in [2.05, 4.69) is 5.32 Å². The minimum absolute atomic E-state index is 0.0388. The van der Waals surface area contributed by atoms with E-state index >= 15 is 0 Å². The number of carbonyl (C=O) groups excluding carboxylic acids is 2.